The Morgan fingerprint density at radius 1 is 1.29 bits per heavy atom. The van der Waals surface area contributed by atoms with Gasteiger partial charge in [-0.2, -0.15) is 0 Å². The summed E-state index contributed by atoms with van der Waals surface area (Å²) >= 11 is 1.40. The third-order valence-electron chi connectivity index (χ3n) is 3.61. The number of thiazole rings is 1. The Hall–Kier alpha value is -1.81. The number of benzene rings is 1. The molecular weight excluding hydrogens is 350 g/mol. The van der Waals surface area contributed by atoms with E-state index in [0.717, 1.165) is 21.3 Å². The van der Waals surface area contributed by atoms with E-state index >= 15 is 0 Å². The largest absolute Gasteiger partial charge is 0.375 e. The number of nitrogens with zero attached hydrogens (tertiary/aromatic N) is 2. The van der Waals surface area contributed by atoms with Gasteiger partial charge < -0.3 is 4.74 Å². The Kier molecular flexibility index (Phi) is 4.68. The fourth-order valence-corrected chi connectivity index (χ4v) is 4.08. The average molecular weight is 367 g/mol. The van der Waals surface area contributed by atoms with Crippen molar-refractivity contribution >= 4 is 32.4 Å². The Labute approximate surface area is 144 Å². The molecule has 2 heterocycles. The molecule has 0 saturated heterocycles. The summed E-state index contributed by atoms with van der Waals surface area (Å²) < 4.78 is 30.5. The Balaban J connectivity index is 1.75. The minimum atomic E-state index is -3.50. The van der Waals surface area contributed by atoms with Gasteiger partial charge in [-0.1, -0.05) is 11.3 Å². The molecule has 2 aromatic rings. The second-order valence-electron chi connectivity index (χ2n) is 5.46. The van der Waals surface area contributed by atoms with Crippen molar-refractivity contribution < 1.29 is 17.9 Å². The van der Waals surface area contributed by atoms with E-state index in [0.29, 0.717) is 23.9 Å². The molecule has 0 unspecified atom stereocenters. The van der Waals surface area contributed by atoms with Gasteiger partial charge in [0.25, 0.3) is 5.91 Å². The van der Waals surface area contributed by atoms with Gasteiger partial charge in [-0.25, -0.2) is 17.7 Å². The summed E-state index contributed by atoms with van der Waals surface area (Å²) in [6, 6.07) is 5.82. The van der Waals surface area contributed by atoms with Crippen molar-refractivity contribution in [2.75, 3.05) is 26.0 Å². The highest BCUT2D eigenvalue weighted by molar-refractivity contribution is 7.89. The van der Waals surface area contributed by atoms with E-state index < -0.39 is 10.0 Å². The van der Waals surface area contributed by atoms with E-state index in [1.165, 1.54) is 49.7 Å². The standard InChI is InChI=1S/C15H17N3O4S2/c1-18(2)24(20,21)11-5-3-10(4-6-11)14(19)17-15-16-12-7-8-22-9-13(12)23-15/h3-6H,7-9H2,1-2H3,(H,16,17,19). The molecule has 0 spiro atoms. The molecule has 9 heteroatoms. The number of sulfonamides is 1. The van der Waals surface area contributed by atoms with E-state index in [4.69, 9.17) is 4.74 Å². The first kappa shape index (κ1) is 17.0. The number of carbonyl (C=O) groups is 1. The summed E-state index contributed by atoms with van der Waals surface area (Å²) in [5, 5.41) is 3.28. The summed E-state index contributed by atoms with van der Waals surface area (Å²) in [6.45, 7) is 1.17. The van der Waals surface area contributed by atoms with Crippen molar-refractivity contribution in [1.82, 2.24) is 9.29 Å². The van der Waals surface area contributed by atoms with E-state index in [9.17, 15) is 13.2 Å². The number of aromatic nitrogens is 1. The Morgan fingerprint density at radius 3 is 2.62 bits per heavy atom. The summed E-state index contributed by atoms with van der Waals surface area (Å²) in [5.74, 6) is -0.323. The van der Waals surface area contributed by atoms with Gasteiger partial charge >= 0.3 is 0 Å². The number of rotatable bonds is 4. The minimum Gasteiger partial charge on any atom is -0.375 e. The summed E-state index contributed by atoms with van der Waals surface area (Å²) in [4.78, 5) is 17.9. The van der Waals surface area contributed by atoms with Crippen molar-refractivity contribution in [1.29, 1.82) is 0 Å². The van der Waals surface area contributed by atoms with Crippen molar-refractivity contribution in [3.8, 4) is 0 Å². The van der Waals surface area contributed by atoms with E-state index in [2.05, 4.69) is 10.3 Å². The zero-order valence-electron chi connectivity index (χ0n) is 13.3. The quantitative estimate of drug-likeness (QED) is 0.889. The number of anilines is 1. The van der Waals surface area contributed by atoms with Crippen LogP contribution in [0.1, 0.15) is 20.9 Å². The maximum absolute atomic E-state index is 12.3. The molecule has 3 rings (SSSR count). The predicted molar refractivity (Wildman–Crippen MR) is 90.7 cm³/mol. The van der Waals surface area contributed by atoms with Gasteiger partial charge in [-0.15, -0.1) is 0 Å². The molecule has 24 heavy (non-hydrogen) atoms. The normalized spacial score (nSPS) is 14.5. The zero-order chi connectivity index (χ0) is 17.3. The molecule has 1 amide bonds. The monoisotopic (exact) mass is 367 g/mol. The topological polar surface area (TPSA) is 88.6 Å². The third kappa shape index (κ3) is 3.34. The zero-order valence-corrected chi connectivity index (χ0v) is 14.9. The first-order valence-corrected chi connectivity index (χ1v) is 9.54. The summed E-state index contributed by atoms with van der Waals surface area (Å²) in [5.41, 5.74) is 1.34. The first-order valence-electron chi connectivity index (χ1n) is 7.28. The van der Waals surface area contributed by atoms with Gasteiger partial charge in [0.15, 0.2) is 5.13 Å². The van der Waals surface area contributed by atoms with Crippen molar-refractivity contribution in [3.05, 3.63) is 40.4 Å². The van der Waals surface area contributed by atoms with Gasteiger partial charge in [0.2, 0.25) is 10.0 Å². The highest BCUT2D eigenvalue weighted by atomic mass is 32.2. The van der Waals surface area contributed by atoms with Gasteiger partial charge in [0, 0.05) is 26.1 Å². The lowest BCUT2D eigenvalue weighted by Crippen LogP contribution is -2.22. The predicted octanol–water partition coefficient (Wildman–Crippen LogP) is 1.72. The SMILES string of the molecule is CN(C)S(=O)(=O)c1ccc(C(=O)Nc2nc3c(s2)COCC3)cc1. The molecule has 1 N–H and O–H groups in total. The smallest absolute Gasteiger partial charge is 0.257 e. The summed E-state index contributed by atoms with van der Waals surface area (Å²) in [6.07, 6.45) is 0.749. The van der Waals surface area contributed by atoms with Crippen LogP contribution in [0, 0.1) is 0 Å². The second-order valence-corrected chi connectivity index (χ2v) is 8.69. The fourth-order valence-electron chi connectivity index (χ4n) is 2.24. The molecular formula is C15H17N3O4S2. The van der Waals surface area contributed by atoms with Crippen molar-refractivity contribution in [3.63, 3.8) is 0 Å². The number of carbonyl (C=O) groups excluding carboxylic acids is 1. The van der Waals surface area contributed by atoms with Crippen molar-refractivity contribution in [2.45, 2.75) is 17.9 Å². The van der Waals surface area contributed by atoms with Gasteiger partial charge in [-0.05, 0) is 24.3 Å². The van der Waals surface area contributed by atoms with Crippen LogP contribution in [0.4, 0.5) is 5.13 Å². The van der Waals surface area contributed by atoms with Crippen LogP contribution in [0.3, 0.4) is 0 Å². The maximum Gasteiger partial charge on any atom is 0.257 e. The number of hydrogen-bond donors (Lipinski definition) is 1. The highest BCUT2D eigenvalue weighted by Crippen LogP contribution is 2.27. The first-order chi connectivity index (χ1) is 11.4. The van der Waals surface area contributed by atoms with Crippen LogP contribution in [0.25, 0.3) is 0 Å². The van der Waals surface area contributed by atoms with E-state index in [-0.39, 0.29) is 10.8 Å². The molecule has 0 radical (unpaired) electrons. The molecule has 128 valence electrons. The number of hydrogen-bond acceptors (Lipinski definition) is 6. The lowest BCUT2D eigenvalue weighted by Gasteiger charge is -2.11. The highest BCUT2D eigenvalue weighted by Gasteiger charge is 2.19. The van der Waals surface area contributed by atoms with Gasteiger partial charge in [-0.3, -0.25) is 10.1 Å². The van der Waals surface area contributed by atoms with Crippen LogP contribution in [0.15, 0.2) is 29.2 Å². The number of ether oxygens (including phenoxy) is 1. The van der Waals surface area contributed by atoms with Crippen LogP contribution in [-0.4, -0.2) is 44.3 Å². The van der Waals surface area contributed by atoms with Crippen molar-refractivity contribution in [2.24, 2.45) is 0 Å². The van der Waals surface area contributed by atoms with Crippen LogP contribution in [-0.2, 0) is 27.8 Å². The molecule has 0 atom stereocenters. The molecule has 0 saturated carbocycles. The molecule has 1 aromatic heterocycles. The third-order valence-corrected chi connectivity index (χ3v) is 6.43. The summed E-state index contributed by atoms with van der Waals surface area (Å²) in [7, 11) is -0.579. The maximum atomic E-state index is 12.3. The fraction of sp³-hybridized carbons (Fsp3) is 0.333. The Morgan fingerprint density at radius 2 is 2.00 bits per heavy atom. The lowest BCUT2D eigenvalue weighted by molar-refractivity contribution is 0.102. The van der Waals surface area contributed by atoms with Gasteiger partial charge in [0.1, 0.15) is 0 Å². The van der Waals surface area contributed by atoms with Crippen LogP contribution in [0.5, 0.6) is 0 Å². The van der Waals surface area contributed by atoms with Gasteiger partial charge in [0.05, 0.1) is 28.7 Å². The Bertz CT molecular complexity index is 834. The van der Waals surface area contributed by atoms with E-state index in [1.54, 1.807) is 0 Å². The lowest BCUT2D eigenvalue weighted by atomic mass is 10.2. The molecule has 1 aliphatic heterocycles. The molecule has 0 bridgehead atoms. The van der Waals surface area contributed by atoms with E-state index in [1.807, 2.05) is 0 Å². The van der Waals surface area contributed by atoms with Crippen LogP contribution >= 0.6 is 11.3 Å². The minimum absolute atomic E-state index is 0.144. The second kappa shape index (κ2) is 6.60. The number of amides is 1. The molecule has 0 fully saturated rings. The molecule has 0 aliphatic carbocycles. The molecule has 1 aromatic carbocycles. The molecule has 7 nitrogen and oxygen atoms in total. The van der Waals surface area contributed by atoms with Crippen LogP contribution < -0.4 is 5.32 Å². The van der Waals surface area contributed by atoms with Crippen LogP contribution in [0.2, 0.25) is 0 Å². The number of fused-ring (bicyclic) bond motifs is 1. The number of nitrogens with one attached hydrogen (secondary N) is 1. The average Bonchev–Trinajstić information content (AvgIpc) is 2.97. The molecule has 1 aliphatic rings.